The topological polar surface area (TPSA) is 111 Å². The third-order valence-corrected chi connectivity index (χ3v) is 5.06. The van der Waals surface area contributed by atoms with E-state index in [-0.39, 0.29) is 18.6 Å². The third kappa shape index (κ3) is 4.68. The minimum atomic E-state index is -0.536. The summed E-state index contributed by atoms with van der Waals surface area (Å²) < 4.78 is 16.5. The van der Waals surface area contributed by atoms with Gasteiger partial charge in [0, 0.05) is 30.3 Å². The van der Waals surface area contributed by atoms with Gasteiger partial charge in [-0.3, -0.25) is 9.78 Å². The lowest BCUT2D eigenvalue weighted by molar-refractivity contribution is -0.123. The van der Waals surface area contributed by atoms with Crippen LogP contribution in [0.15, 0.2) is 39.9 Å². The molecule has 0 aliphatic carbocycles. The fraction of sp³-hybridized carbons (Fsp3) is 0.429. The van der Waals surface area contributed by atoms with Gasteiger partial charge in [0.15, 0.2) is 0 Å². The highest BCUT2D eigenvalue weighted by Gasteiger charge is 2.23. The molecule has 1 saturated heterocycles. The van der Waals surface area contributed by atoms with E-state index < -0.39 is 6.04 Å². The van der Waals surface area contributed by atoms with Gasteiger partial charge < -0.3 is 24.6 Å². The maximum atomic E-state index is 12.4. The number of aryl methyl sites for hydroxylation is 2. The highest BCUT2D eigenvalue weighted by molar-refractivity contribution is 5.98. The molecule has 0 saturated carbocycles. The van der Waals surface area contributed by atoms with Crippen LogP contribution in [0.5, 0.6) is 0 Å². The quantitative estimate of drug-likeness (QED) is 0.748. The molecule has 0 aromatic carbocycles. The summed E-state index contributed by atoms with van der Waals surface area (Å²) in [6.45, 7) is 5.31. The molecule has 0 radical (unpaired) electrons. The molecule has 2 atom stereocenters. The first kappa shape index (κ1) is 20.1. The Morgan fingerprint density at radius 2 is 2.27 bits per heavy atom. The fourth-order valence-electron chi connectivity index (χ4n) is 3.30. The van der Waals surface area contributed by atoms with Crippen LogP contribution in [0, 0.1) is 13.8 Å². The molecule has 158 valence electrons. The molecule has 2 aliphatic heterocycles. The third-order valence-electron chi connectivity index (χ3n) is 5.06. The van der Waals surface area contributed by atoms with Crippen molar-refractivity contribution in [3.8, 4) is 11.3 Å². The summed E-state index contributed by atoms with van der Waals surface area (Å²) in [4.78, 5) is 20.9. The normalized spacial score (nSPS) is 20.9. The van der Waals surface area contributed by atoms with Gasteiger partial charge in [-0.25, -0.2) is 4.99 Å². The first-order valence-electron chi connectivity index (χ1n) is 9.99. The molecule has 1 fully saturated rings. The van der Waals surface area contributed by atoms with Crippen LogP contribution < -0.4 is 10.6 Å². The van der Waals surface area contributed by atoms with Crippen molar-refractivity contribution in [1.82, 2.24) is 20.8 Å². The second-order valence-corrected chi connectivity index (χ2v) is 7.37. The molecule has 0 bridgehead atoms. The van der Waals surface area contributed by atoms with Gasteiger partial charge in [0.2, 0.25) is 11.8 Å². The van der Waals surface area contributed by atoms with E-state index in [4.69, 9.17) is 14.0 Å². The number of ether oxygens (including phenoxy) is 2. The lowest BCUT2D eigenvalue weighted by Crippen LogP contribution is -2.50. The van der Waals surface area contributed by atoms with E-state index >= 15 is 0 Å². The number of nitrogens with one attached hydrogen (secondary N) is 2. The van der Waals surface area contributed by atoms with E-state index in [1.807, 2.05) is 26.0 Å². The molecule has 0 spiro atoms. The predicted octanol–water partition coefficient (Wildman–Crippen LogP) is 2.01. The number of carbonyl (C=O) groups is 1. The van der Waals surface area contributed by atoms with Gasteiger partial charge in [-0.05, 0) is 38.8 Å². The van der Waals surface area contributed by atoms with Crippen LogP contribution >= 0.6 is 0 Å². The van der Waals surface area contributed by atoms with Crippen molar-refractivity contribution < 1.29 is 18.8 Å². The van der Waals surface area contributed by atoms with E-state index in [9.17, 15) is 4.79 Å². The number of amides is 1. The summed E-state index contributed by atoms with van der Waals surface area (Å²) in [5.41, 5.74) is 3.31. The predicted molar refractivity (Wildman–Crippen MR) is 109 cm³/mol. The lowest BCUT2D eigenvalue weighted by Gasteiger charge is -2.25. The second kappa shape index (κ2) is 9.08. The van der Waals surface area contributed by atoms with E-state index in [1.165, 1.54) is 0 Å². The smallest absolute Gasteiger partial charge is 0.248 e. The van der Waals surface area contributed by atoms with Gasteiger partial charge in [0.25, 0.3) is 0 Å². The molecule has 2 aromatic rings. The largest absolute Gasteiger partial charge is 0.472 e. The van der Waals surface area contributed by atoms with E-state index in [2.05, 4.69) is 25.8 Å². The van der Waals surface area contributed by atoms with E-state index in [0.29, 0.717) is 23.9 Å². The molecule has 2 N–H and O–H groups in total. The molecule has 1 amide bonds. The molecule has 9 heteroatoms. The zero-order valence-corrected chi connectivity index (χ0v) is 17.1. The lowest BCUT2D eigenvalue weighted by atomic mass is 10.1. The summed E-state index contributed by atoms with van der Waals surface area (Å²) in [6, 6.07) is 3.38. The zero-order chi connectivity index (χ0) is 20.9. The summed E-state index contributed by atoms with van der Waals surface area (Å²) >= 11 is 0. The maximum absolute atomic E-state index is 12.4. The summed E-state index contributed by atoms with van der Waals surface area (Å²) in [6.07, 6.45) is 6.78. The van der Waals surface area contributed by atoms with Gasteiger partial charge in [0.1, 0.15) is 24.1 Å². The zero-order valence-electron chi connectivity index (χ0n) is 17.1. The highest BCUT2D eigenvalue weighted by Crippen LogP contribution is 2.26. The Labute approximate surface area is 174 Å². The number of hydrogen-bond donors (Lipinski definition) is 2. The van der Waals surface area contributed by atoms with Crippen LogP contribution in [0.3, 0.4) is 0 Å². The average molecular weight is 411 g/mol. The highest BCUT2D eigenvalue weighted by atomic mass is 16.5. The monoisotopic (exact) mass is 411 g/mol. The van der Waals surface area contributed by atoms with Crippen molar-refractivity contribution in [3.63, 3.8) is 0 Å². The van der Waals surface area contributed by atoms with Crippen molar-refractivity contribution in [3.05, 3.63) is 47.4 Å². The number of hydrogen-bond acceptors (Lipinski definition) is 8. The van der Waals surface area contributed by atoms with Crippen LogP contribution in [0.4, 0.5) is 0 Å². The fourth-order valence-corrected chi connectivity index (χ4v) is 3.30. The van der Waals surface area contributed by atoms with Crippen LogP contribution in [-0.4, -0.2) is 47.6 Å². The molecule has 2 aliphatic rings. The SMILES string of the molecule is Cc1ccc(-c2noc(C)c2COC2=CNC(C(=O)NC3CCCOC3)C=N2)cn1. The molecule has 4 heterocycles. The Morgan fingerprint density at radius 1 is 1.37 bits per heavy atom. The first-order chi connectivity index (χ1) is 14.6. The summed E-state index contributed by atoms with van der Waals surface area (Å²) in [7, 11) is 0. The summed E-state index contributed by atoms with van der Waals surface area (Å²) in [5.74, 6) is 0.924. The van der Waals surface area contributed by atoms with Crippen LogP contribution in [0.2, 0.25) is 0 Å². The molecule has 2 unspecified atom stereocenters. The van der Waals surface area contributed by atoms with Crippen LogP contribution in [-0.2, 0) is 20.9 Å². The summed E-state index contributed by atoms with van der Waals surface area (Å²) in [5, 5.41) is 10.1. The minimum Gasteiger partial charge on any atom is -0.472 e. The van der Waals surface area contributed by atoms with Gasteiger partial charge >= 0.3 is 0 Å². The van der Waals surface area contributed by atoms with Crippen molar-refractivity contribution in [2.45, 2.75) is 45.4 Å². The van der Waals surface area contributed by atoms with Gasteiger partial charge in [-0.2, -0.15) is 0 Å². The Bertz CT molecular complexity index is 945. The first-order valence-corrected chi connectivity index (χ1v) is 9.99. The van der Waals surface area contributed by atoms with Gasteiger partial charge in [-0.15, -0.1) is 0 Å². The number of carbonyl (C=O) groups excluding carboxylic acids is 1. The average Bonchev–Trinajstić information content (AvgIpc) is 3.14. The van der Waals surface area contributed by atoms with Crippen molar-refractivity contribution in [1.29, 1.82) is 0 Å². The van der Waals surface area contributed by atoms with E-state index in [0.717, 1.165) is 36.3 Å². The standard InChI is InChI=1S/C21H25N5O4/c1-13-5-6-15(8-22-13)20-17(14(2)30-26-20)12-29-19-10-23-18(9-24-19)21(27)25-16-4-3-7-28-11-16/h5-6,8-10,16,18,23H,3-4,7,11-12H2,1-2H3,(H,25,27). The number of nitrogens with zero attached hydrogens (tertiary/aromatic N) is 3. The van der Waals surface area contributed by atoms with Crippen molar-refractivity contribution in [2.24, 2.45) is 4.99 Å². The van der Waals surface area contributed by atoms with Crippen LogP contribution in [0.1, 0.15) is 29.9 Å². The minimum absolute atomic E-state index is 0.0503. The number of pyridine rings is 1. The van der Waals surface area contributed by atoms with Crippen LogP contribution in [0.25, 0.3) is 11.3 Å². The Balaban J connectivity index is 1.33. The second-order valence-electron chi connectivity index (χ2n) is 7.37. The molecular formula is C21H25N5O4. The molecule has 30 heavy (non-hydrogen) atoms. The molecule has 9 nitrogen and oxygen atoms in total. The maximum Gasteiger partial charge on any atom is 0.248 e. The van der Waals surface area contributed by atoms with Crippen molar-refractivity contribution in [2.75, 3.05) is 13.2 Å². The van der Waals surface area contributed by atoms with E-state index in [1.54, 1.807) is 18.6 Å². The van der Waals surface area contributed by atoms with Gasteiger partial charge in [-0.1, -0.05) is 5.16 Å². The van der Waals surface area contributed by atoms with Crippen molar-refractivity contribution >= 4 is 12.1 Å². The Kier molecular flexibility index (Phi) is 6.08. The number of rotatable bonds is 6. The number of aromatic nitrogens is 2. The molecular weight excluding hydrogens is 386 g/mol. The Hall–Kier alpha value is -3.20. The molecule has 4 rings (SSSR count). The molecule has 2 aromatic heterocycles. The van der Waals surface area contributed by atoms with Gasteiger partial charge in [0.05, 0.1) is 24.4 Å². The number of aliphatic imine (C=N–C) groups is 1. The Morgan fingerprint density at radius 3 is 2.97 bits per heavy atom.